The number of hydrogen-bond acceptors (Lipinski definition) is 4. The molecular formula is C13H16ClN3S. The molecule has 0 aliphatic heterocycles. The molecule has 18 heavy (non-hydrogen) atoms. The van der Waals surface area contributed by atoms with E-state index in [4.69, 9.17) is 11.6 Å². The molecule has 0 atom stereocenters. The van der Waals surface area contributed by atoms with Crippen LogP contribution in [0.3, 0.4) is 0 Å². The minimum atomic E-state index is 0.393. The van der Waals surface area contributed by atoms with E-state index in [2.05, 4.69) is 20.7 Å². The summed E-state index contributed by atoms with van der Waals surface area (Å²) in [5.74, 6) is 1.70. The van der Waals surface area contributed by atoms with Gasteiger partial charge in [-0.05, 0) is 43.0 Å². The van der Waals surface area contributed by atoms with Gasteiger partial charge in [0.15, 0.2) is 0 Å². The molecule has 0 spiro atoms. The Morgan fingerprint density at radius 3 is 2.94 bits per heavy atom. The molecule has 2 aromatic heterocycles. The summed E-state index contributed by atoms with van der Waals surface area (Å²) >= 11 is 7.82. The molecule has 1 aliphatic carbocycles. The van der Waals surface area contributed by atoms with E-state index >= 15 is 0 Å². The standard InChI is InChI=1S/C13H16ClN3S/c14-10-3-1-9(2-4-10)7-15-13-12-11(5-6-18-12)16-8-17-13/h5-6,8-10H,1-4,7H2,(H,15,16,17). The van der Waals surface area contributed by atoms with Gasteiger partial charge in [0.05, 0.1) is 10.2 Å². The number of nitrogens with one attached hydrogen (secondary N) is 1. The van der Waals surface area contributed by atoms with Crippen LogP contribution in [0.1, 0.15) is 25.7 Å². The lowest BCUT2D eigenvalue weighted by Gasteiger charge is -2.25. The Balaban J connectivity index is 1.64. The Morgan fingerprint density at radius 2 is 2.11 bits per heavy atom. The van der Waals surface area contributed by atoms with E-state index in [0.717, 1.165) is 41.3 Å². The molecule has 5 heteroatoms. The summed E-state index contributed by atoms with van der Waals surface area (Å²) in [7, 11) is 0. The minimum Gasteiger partial charge on any atom is -0.369 e. The Hall–Kier alpha value is -0.870. The molecule has 0 bridgehead atoms. The third-order valence-electron chi connectivity index (χ3n) is 3.58. The first-order chi connectivity index (χ1) is 8.83. The summed E-state index contributed by atoms with van der Waals surface area (Å²) in [4.78, 5) is 8.59. The van der Waals surface area contributed by atoms with Crippen molar-refractivity contribution in [2.45, 2.75) is 31.1 Å². The zero-order chi connectivity index (χ0) is 12.4. The first-order valence-corrected chi connectivity index (χ1v) is 7.70. The van der Waals surface area contributed by atoms with Crippen molar-refractivity contribution in [2.24, 2.45) is 5.92 Å². The highest BCUT2D eigenvalue weighted by Crippen LogP contribution is 2.29. The molecule has 2 heterocycles. The fourth-order valence-electron chi connectivity index (χ4n) is 2.48. The number of rotatable bonds is 3. The van der Waals surface area contributed by atoms with Gasteiger partial charge in [-0.1, -0.05) is 0 Å². The highest BCUT2D eigenvalue weighted by atomic mass is 35.5. The van der Waals surface area contributed by atoms with Crippen LogP contribution in [0.15, 0.2) is 17.8 Å². The average Bonchev–Trinajstić information content (AvgIpc) is 2.87. The molecule has 3 rings (SSSR count). The second-order valence-corrected chi connectivity index (χ2v) is 6.39. The quantitative estimate of drug-likeness (QED) is 0.867. The van der Waals surface area contributed by atoms with E-state index < -0.39 is 0 Å². The zero-order valence-electron chi connectivity index (χ0n) is 10.1. The van der Waals surface area contributed by atoms with Gasteiger partial charge in [0.1, 0.15) is 12.1 Å². The van der Waals surface area contributed by atoms with Gasteiger partial charge < -0.3 is 5.32 Å². The van der Waals surface area contributed by atoms with Crippen LogP contribution in [-0.2, 0) is 0 Å². The van der Waals surface area contributed by atoms with Crippen molar-refractivity contribution in [2.75, 3.05) is 11.9 Å². The van der Waals surface area contributed by atoms with Crippen molar-refractivity contribution >= 4 is 39.0 Å². The predicted molar refractivity (Wildman–Crippen MR) is 77.5 cm³/mol. The third-order valence-corrected chi connectivity index (χ3v) is 4.92. The molecule has 0 amide bonds. The van der Waals surface area contributed by atoms with Crippen LogP contribution in [0, 0.1) is 5.92 Å². The van der Waals surface area contributed by atoms with Crippen molar-refractivity contribution < 1.29 is 0 Å². The van der Waals surface area contributed by atoms with E-state index in [1.54, 1.807) is 17.7 Å². The summed E-state index contributed by atoms with van der Waals surface area (Å²) in [5, 5.41) is 5.93. The Labute approximate surface area is 116 Å². The molecule has 1 fully saturated rings. The van der Waals surface area contributed by atoms with E-state index in [0.29, 0.717) is 5.38 Å². The smallest absolute Gasteiger partial charge is 0.147 e. The van der Waals surface area contributed by atoms with Crippen LogP contribution in [0.25, 0.3) is 10.2 Å². The zero-order valence-corrected chi connectivity index (χ0v) is 11.7. The Bertz CT molecular complexity index is 520. The first-order valence-electron chi connectivity index (χ1n) is 6.39. The molecule has 0 radical (unpaired) electrons. The van der Waals surface area contributed by atoms with Gasteiger partial charge >= 0.3 is 0 Å². The summed E-state index contributed by atoms with van der Waals surface area (Å²) in [6.45, 7) is 0.994. The number of fused-ring (bicyclic) bond motifs is 1. The predicted octanol–water partition coefficient (Wildman–Crippen LogP) is 3.90. The highest BCUT2D eigenvalue weighted by Gasteiger charge is 2.19. The van der Waals surface area contributed by atoms with E-state index in [1.165, 1.54) is 12.8 Å². The van der Waals surface area contributed by atoms with Gasteiger partial charge in [-0.3, -0.25) is 0 Å². The van der Waals surface area contributed by atoms with Crippen LogP contribution in [0.5, 0.6) is 0 Å². The fourth-order valence-corrected chi connectivity index (χ4v) is 3.54. The summed E-state index contributed by atoms with van der Waals surface area (Å²) < 4.78 is 1.16. The maximum Gasteiger partial charge on any atom is 0.147 e. The molecule has 1 saturated carbocycles. The van der Waals surface area contributed by atoms with Crippen LogP contribution in [-0.4, -0.2) is 21.9 Å². The molecule has 0 unspecified atom stereocenters. The molecule has 1 aliphatic rings. The second kappa shape index (κ2) is 5.41. The van der Waals surface area contributed by atoms with Crippen LogP contribution in [0.4, 0.5) is 5.82 Å². The number of nitrogens with zero attached hydrogens (tertiary/aromatic N) is 2. The van der Waals surface area contributed by atoms with Gasteiger partial charge in [-0.2, -0.15) is 0 Å². The number of hydrogen-bond donors (Lipinski definition) is 1. The van der Waals surface area contributed by atoms with Gasteiger partial charge in [0.2, 0.25) is 0 Å². The number of thiophene rings is 1. The molecule has 0 saturated heterocycles. The van der Waals surface area contributed by atoms with Gasteiger partial charge in [-0.25, -0.2) is 9.97 Å². The Morgan fingerprint density at radius 1 is 1.28 bits per heavy atom. The monoisotopic (exact) mass is 281 g/mol. The third kappa shape index (κ3) is 2.59. The number of alkyl halides is 1. The maximum atomic E-state index is 6.12. The SMILES string of the molecule is ClC1CCC(CNc2ncnc3ccsc23)CC1. The maximum absolute atomic E-state index is 6.12. The largest absolute Gasteiger partial charge is 0.369 e. The normalized spacial score (nSPS) is 24.3. The molecule has 1 N–H and O–H groups in total. The van der Waals surface area contributed by atoms with Crippen LogP contribution >= 0.6 is 22.9 Å². The number of aromatic nitrogens is 2. The summed E-state index contributed by atoms with van der Waals surface area (Å²) in [6, 6.07) is 2.03. The lowest BCUT2D eigenvalue weighted by molar-refractivity contribution is 0.378. The van der Waals surface area contributed by atoms with E-state index in [9.17, 15) is 0 Å². The first kappa shape index (κ1) is 12.2. The topological polar surface area (TPSA) is 37.8 Å². The minimum absolute atomic E-state index is 0.393. The van der Waals surface area contributed by atoms with E-state index in [-0.39, 0.29) is 0 Å². The van der Waals surface area contributed by atoms with Gasteiger partial charge in [-0.15, -0.1) is 22.9 Å². The molecule has 96 valence electrons. The number of halogens is 1. The molecule has 0 aromatic carbocycles. The molecular weight excluding hydrogens is 266 g/mol. The van der Waals surface area contributed by atoms with Crippen molar-refractivity contribution in [3.05, 3.63) is 17.8 Å². The van der Waals surface area contributed by atoms with Crippen LogP contribution < -0.4 is 5.32 Å². The van der Waals surface area contributed by atoms with Gasteiger partial charge in [0, 0.05) is 11.9 Å². The lowest BCUT2D eigenvalue weighted by atomic mass is 9.89. The van der Waals surface area contributed by atoms with Crippen LogP contribution in [0.2, 0.25) is 0 Å². The summed E-state index contributed by atoms with van der Waals surface area (Å²) in [5.41, 5.74) is 1.03. The fraction of sp³-hybridized carbons (Fsp3) is 0.538. The average molecular weight is 282 g/mol. The van der Waals surface area contributed by atoms with Crippen molar-refractivity contribution in [1.82, 2.24) is 9.97 Å². The second-order valence-electron chi connectivity index (χ2n) is 4.86. The molecule has 2 aromatic rings. The Kier molecular flexibility index (Phi) is 3.66. The van der Waals surface area contributed by atoms with Crippen molar-refractivity contribution in [1.29, 1.82) is 0 Å². The van der Waals surface area contributed by atoms with Crippen molar-refractivity contribution in [3.8, 4) is 0 Å². The number of anilines is 1. The lowest BCUT2D eigenvalue weighted by Crippen LogP contribution is -2.21. The van der Waals surface area contributed by atoms with Crippen molar-refractivity contribution in [3.63, 3.8) is 0 Å². The van der Waals surface area contributed by atoms with Gasteiger partial charge in [0.25, 0.3) is 0 Å². The highest BCUT2D eigenvalue weighted by molar-refractivity contribution is 7.17. The van der Waals surface area contributed by atoms with E-state index in [1.807, 2.05) is 6.07 Å². The summed E-state index contributed by atoms with van der Waals surface area (Å²) in [6.07, 6.45) is 6.37. The molecule has 3 nitrogen and oxygen atoms in total.